The van der Waals surface area contributed by atoms with E-state index in [2.05, 4.69) is 12.2 Å². The van der Waals surface area contributed by atoms with Crippen molar-refractivity contribution in [1.29, 1.82) is 0 Å². The molecule has 4 atom stereocenters. The quantitative estimate of drug-likeness (QED) is 0.756. The van der Waals surface area contributed by atoms with E-state index in [-0.39, 0.29) is 17.6 Å². The SMILES string of the molecule is OC1CC2CCCC2(/C=C/[C@@H](O)C2CCCC2)C1. The summed E-state index contributed by atoms with van der Waals surface area (Å²) in [5, 5.41) is 20.1. The van der Waals surface area contributed by atoms with Gasteiger partial charge in [0.15, 0.2) is 0 Å². The third-order valence-electron chi connectivity index (χ3n) is 5.69. The van der Waals surface area contributed by atoms with E-state index >= 15 is 0 Å². The van der Waals surface area contributed by atoms with Crippen LogP contribution in [0.2, 0.25) is 0 Å². The van der Waals surface area contributed by atoms with Gasteiger partial charge in [0.1, 0.15) is 0 Å². The molecule has 0 aromatic rings. The number of hydrogen-bond acceptors (Lipinski definition) is 2. The van der Waals surface area contributed by atoms with E-state index in [9.17, 15) is 10.2 Å². The van der Waals surface area contributed by atoms with E-state index in [1.165, 1.54) is 44.9 Å². The van der Waals surface area contributed by atoms with Crippen molar-refractivity contribution in [2.75, 3.05) is 0 Å². The molecule has 0 aliphatic heterocycles. The van der Waals surface area contributed by atoms with Crippen LogP contribution in [0.4, 0.5) is 0 Å². The van der Waals surface area contributed by atoms with Gasteiger partial charge in [-0.1, -0.05) is 31.4 Å². The summed E-state index contributed by atoms with van der Waals surface area (Å²) in [6, 6.07) is 0. The second-order valence-electron chi connectivity index (χ2n) is 6.81. The molecule has 3 fully saturated rings. The zero-order valence-corrected chi connectivity index (χ0v) is 11.2. The van der Waals surface area contributed by atoms with Gasteiger partial charge in [0.05, 0.1) is 12.2 Å². The average Bonchev–Trinajstić information content (AvgIpc) is 3.00. The molecular weight excluding hydrogens is 224 g/mol. The molecule has 2 heteroatoms. The molecule has 3 rings (SSSR count). The Morgan fingerprint density at radius 1 is 1.11 bits per heavy atom. The van der Waals surface area contributed by atoms with E-state index < -0.39 is 0 Å². The number of rotatable bonds is 3. The van der Waals surface area contributed by atoms with Gasteiger partial charge in [-0.05, 0) is 55.8 Å². The minimum Gasteiger partial charge on any atom is -0.393 e. The van der Waals surface area contributed by atoms with Crippen molar-refractivity contribution in [3.8, 4) is 0 Å². The maximum Gasteiger partial charge on any atom is 0.0749 e. The summed E-state index contributed by atoms with van der Waals surface area (Å²) in [4.78, 5) is 0. The van der Waals surface area contributed by atoms with Crippen molar-refractivity contribution in [1.82, 2.24) is 0 Å². The molecule has 3 aliphatic rings. The minimum absolute atomic E-state index is 0.108. The summed E-state index contributed by atoms with van der Waals surface area (Å²) in [6.45, 7) is 0. The van der Waals surface area contributed by atoms with Crippen LogP contribution in [-0.2, 0) is 0 Å². The fourth-order valence-electron chi connectivity index (χ4n) is 4.67. The Kier molecular flexibility index (Phi) is 3.50. The first kappa shape index (κ1) is 12.7. The van der Waals surface area contributed by atoms with Gasteiger partial charge in [-0.15, -0.1) is 0 Å². The Bertz CT molecular complexity index is 319. The van der Waals surface area contributed by atoms with Crippen molar-refractivity contribution in [3.05, 3.63) is 12.2 Å². The number of allylic oxidation sites excluding steroid dienone is 1. The van der Waals surface area contributed by atoms with Gasteiger partial charge in [0.25, 0.3) is 0 Å². The monoisotopic (exact) mass is 250 g/mol. The highest BCUT2D eigenvalue weighted by atomic mass is 16.3. The molecule has 0 radical (unpaired) electrons. The zero-order valence-electron chi connectivity index (χ0n) is 11.2. The Morgan fingerprint density at radius 2 is 1.89 bits per heavy atom. The van der Waals surface area contributed by atoms with Gasteiger partial charge < -0.3 is 10.2 Å². The summed E-state index contributed by atoms with van der Waals surface area (Å²) in [5.74, 6) is 1.16. The fourth-order valence-corrected chi connectivity index (χ4v) is 4.67. The molecule has 0 amide bonds. The van der Waals surface area contributed by atoms with E-state index in [0.717, 1.165) is 12.8 Å². The van der Waals surface area contributed by atoms with E-state index in [0.29, 0.717) is 11.8 Å². The van der Waals surface area contributed by atoms with Crippen LogP contribution in [0.3, 0.4) is 0 Å². The van der Waals surface area contributed by atoms with Crippen molar-refractivity contribution in [2.45, 2.75) is 70.0 Å². The second-order valence-corrected chi connectivity index (χ2v) is 6.81. The summed E-state index contributed by atoms with van der Waals surface area (Å²) in [6.07, 6.45) is 14.6. The van der Waals surface area contributed by atoms with Crippen LogP contribution >= 0.6 is 0 Å². The van der Waals surface area contributed by atoms with Crippen LogP contribution in [-0.4, -0.2) is 22.4 Å². The first-order valence-corrected chi connectivity index (χ1v) is 7.75. The van der Waals surface area contributed by atoms with Crippen molar-refractivity contribution < 1.29 is 10.2 Å². The topological polar surface area (TPSA) is 40.5 Å². The summed E-state index contributed by atoms with van der Waals surface area (Å²) < 4.78 is 0. The molecule has 0 saturated heterocycles. The molecule has 0 spiro atoms. The van der Waals surface area contributed by atoms with Crippen LogP contribution < -0.4 is 0 Å². The molecule has 0 aromatic heterocycles. The van der Waals surface area contributed by atoms with Crippen molar-refractivity contribution >= 4 is 0 Å². The molecule has 2 nitrogen and oxygen atoms in total. The summed E-state index contributed by atoms with van der Waals surface area (Å²) in [5.41, 5.74) is 0.221. The minimum atomic E-state index is -0.249. The number of aliphatic hydroxyl groups is 2. The van der Waals surface area contributed by atoms with Gasteiger partial charge in [0, 0.05) is 0 Å². The van der Waals surface area contributed by atoms with Crippen LogP contribution in [0.15, 0.2) is 12.2 Å². The summed E-state index contributed by atoms with van der Waals surface area (Å²) >= 11 is 0. The highest BCUT2D eigenvalue weighted by Crippen LogP contribution is 2.55. The smallest absolute Gasteiger partial charge is 0.0749 e. The molecule has 102 valence electrons. The Hall–Kier alpha value is -0.340. The number of fused-ring (bicyclic) bond motifs is 1. The molecule has 3 aliphatic carbocycles. The van der Waals surface area contributed by atoms with Crippen LogP contribution in [0.25, 0.3) is 0 Å². The lowest BCUT2D eigenvalue weighted by Gasteiger charge is -2.26. The number of hydrogen-bond donors (Lipinski definition) is 2. The van der Waals surface area contributed by atoms with Crippen LogP contribution in [0.5, 0.6) is 0 Å². The second kappa shape index (κ2) is 4.97. The van der Waals surface area contributed by atoms with Gasteiger partial charge in [-0.3, -0.25) is 0 Å². The Morgan fingerprint density at radius 3 is 2.67 bits per heavy atom. The van der Waals surface area contributed by atoms with Gasteiger partial charge in [-0.25, -0.2) is 0 Å². The lowest BCUT2D eigenvalue weighted by molar-refractivity contribution is 0.151. The highest BCUT2D eigenvalue weighted by molar-refractivity contribution is 5.13. The largest absolute Gasteiger partial charge is 0.393 e. The Labute approximate surface area is 110 Å². The van der Waals surface area contributed by atoms with Crippen molar-refractivity contribution in [3.63, 3.8) is 0 Å². The van der Waals surface area contributed by atoms with Crippen LogP contribution in [0, 0.1) is 17.3 Å². The third-order valence-corrected chi connectivity index (χ3v) is 5.69. The predicted molar refractivity (Wildman–Crippen MR) is 72.1 cm³/mol. The molecular formula is C16H26O2. The molecule has 3 saturated carbocycles. The summed E-state index contributed by atoms with van der Waals surface area (Å²) in [7, 11) is 0. The van der Waals surface area contributed by atoms with E-state index in [1.54, 1.807) is 0 Å². The fraction of sp³-hybridized carbons (Fsp3) is 0.875. The van der Waals surface area contributed by atoms with Gasteiger partial charge in [0.2, 0.25) is 0 Å². The number of aliphatic hydroxyl groups excluding tert-OH is 2. The first-order valence-electron chi connectivity index (χ1n) is 7.75. The molecule has 0 aromatic carbocycles. The highest BCUT2D eigenvalue weighted by Gasteiger charge is 2.47. The Balaban J connectivity index is 1.67. The molecule has 0 heterocycles. The lowest BCUT2D eigenvalue weighted by atomic mass is 9.79. The molecule has 18 heavy (non-hydrogen) atoms. The van der Waals surface area contributed by atoms with E-state index in [4.69, 9.17) is 0 Å². The van der Waals surface area contributed by atoms with Crippen molar-refractivity contribution in [2.24, 2.45) is 17.3 Å². The zero-order chi connectivity index (χ0) is 12.6. The third kappa shape index (κ3) is 2.25. The molecule has 3 unspecified atom stereocenters. The van der Waals surface area contributed by atoms with Crippen LogP contribution in [0.1, 0.15) is 57.8 Å². The standard InChI is InChI=1S/C16H26O2/c17-14-10-13-6-3-8-16(13,11-14)9-7-15(18)12-4-1-2-5-12/h7,9,12-15,17-18H,1-6,8,10-11H2/b9-7+/t13?,14?,15-,16?/m1/s1. The normalized spacial score (nSPS) is 42.8. The predicted octanol–water partition coefficient (Wildman–Crippen LogP) is 3.03. The molecule has 2 N–H and O–H groups in total. The van der Waals surface area contributed by atoms with Gasteiger partial charge >= 0.3 is 0 Å². The molecule has 0 bridgehead atoms. The average molecular weight is 250 g/mol. The lowest BCUT2D eigenvalue weighted by Crippen LogP contribution is -2.20. The maximum atomic E-state index is 10.2. The van der Waals surface area contributed by atoms with E-state index in [1.807, 2.05) is 0 Å². The van der Waals surface area contributed by atoms with Gasteiger partial charge in [-0.2, -0.15) is 0 Å². The maximum absolute atomic E-state index is 10.2. The first-order chi connectivity index (χ1) is 8.70.